The maximum Gasteiger partial charge on any atom is 0.324 e. The van der Waals surface area contributed by atoms with Crippen LogP contribution in [0.25, 0.3) is 16.3 Å². The van der Waals surface area contributed by atoms with Crippen molar-refractivity contribution >= 4 is 44.6 Å². The Morgan fingerprint density at radius 1 is 0.767 bits per heavy atom. The molecule has 6 nitrogen and oxygen atoms in total. The van der Waals surface area contributed by atoms with E-state index < -0.39 is 26.6 Å². The topological polar surface area (TPSA) is 90.8 Å². The molecular weight excluding hydrogens is 575 g/mol. The normalized spacial score (nSPS) is 17.4. The summed E-state index contributed by atoms with van der Waals surface area (Å²) < 4.78 is 28.9. The quantitative estimate of drug-likeness (QED) is 0.0825. The average Bonchev–Trinajstić information content (AvgIpc) is 3.50. The molecule has 0 radical (unpaired) electrons. The van der Waals surface area contributed by atoms with Gasteiger partial charge in [-0.15, -0.1) is 11.8 Å². The molecule has 0 spiro atoms. The van der Waals surface area contributed by atoms with Gasteiger partial charge in [0.1, 0.15) is 0 Å². The summed E-state index contributed by atoms with van der Waals surface area (Å²) in [5.74, 6) is -0.556. The molecule has 1 heterocycles. The van der Waals surface area contributed by atoms with Gasteiger partial charge in [-0.25, -0.2) is 8.42 Å². The van der Waals surface area contributed by atoms with E-state index in [-0.39, 0.29) is 23.1 Å². The maximum absolute atomic E-state index is 14.2. The lowest BCUT2D eigenvalue weighted by Crippen LogP contribution is -2.41. The first-order valence-corrected chi connectivity index (χ1v) is 16.3. The minimum Gasteiger partial charge on any atom is -0.361 e. The highest BCUT2D eigenvalue weighted by Gasteiger charge is 2.48. The Labute approximate surface area is 255 Å². The smallest absolute Gasteiger partial charge is 0.324 e. The number of carbonyl (C=O) groups excluding carboxylic acids is 1. The van der Waals surface area contributed by atoms with Gasteiger partial charge in [-0.05, 0) is 46.0 Å². The Balaban J connectivity index is 1.46. The molecular formula is C35H29N3O3S2. The molecule has 2 atom stereocenters. The summed E-state index contributed by atoms with van der Waals surface area (Å²) in [4.78, 5) is 16.3. The van der Waals surface area contributed by atoms with Crippen molar-refractivity contribution in [1.29, 1.82) is 0 Å². The number of fused-ring (bicyclic) bond motifs is 1. The van der Waals surface area contributed by atoms with Crippen LogP contribution >= 0.6 is 11.8 Å². The third-order valence-corrected chi connectivity index (χ3v) is 11.5. The number of rotatable bonds is 9. The number of ketones is 1. The van der Waals surface area contributed by atoms with Crippen molar-refractivity contribution in [2.45, 2.75) is 27.4 Å². The van der Waals surface area contributed by atoms with Crippen LogP contribution in [0.3, 0.4) is 0 Å². The highest BCUT2D eigenvalue weighted by Crippen LogP contribution is 2.52. The molecule has 0 unspecified atom stereocenters. The summed E-state index contributed by atoms with van der Waals surface area (Å²) in [7, 11) is -4.07. The van der Waals surface area contributed by atoms with Crippen LogP contribution in [0.15, 0.2) is 138 Å². The lowest BCUT2D eigenvalue weighted by molar-refractivity contribution is -0.118. The first-order chi connectivity index (χ1) is 20.9. The number of Topliss-reactive ketones (excluding diaryl/α,β-unsaturated/α-hetero) is 1. The largest absolute Gasteiger partial charge is 0.361 e. The van der Waals surface area contributed by atoms with Gasteiger partial charge in [-0.3, -0.25) is 4.79 Å². The first kappa shape index (κ1) is 28.8. The molecule has 214 valence electrons. The Kier molecular flexibility index (Phi) is 8.10. The summed E-state index contributed by atoms with van der Waals surface area (Å²) in [5, 5.41) is 1.45. The van der Waals surface area contributed by atoms with Gasteiger partial charge < -0.3 is 5.53 Å². The molecule has 0 bridgehead atoms. The van der Waals surface area contributed by atoms with Crippen LogP contribution in [-0.2, 0) is 19.6 Å². The second-order valence-electron chi connectivity index (χ2n) is 10.5. The average molecular weight is 604 g/mol. The molecule has 0 aromatic heterocycles. The first-order valence-electron chi connectivity index (χ1n) is 14.0. The molecule has 6 rings (SSSR count). The monoisotopic (exact) mass is 603 g/mol. The second kappa shape index (κ2) is 12.1. The predicted octanol–water partition coefficient (Wildman–Crippen LogP) is 6.57. The van der Waals surface area contributed by atoms with E-state index in [4.69, 9.17) is 0 Å². The Morgan fingerprint density at radius 3 is 1.81 bits per heavy atom. The van der Waals surface area contributed by atoms with Crippen LogP contribution in [0.5, 0.6) is 0 Å². The van der Waals surface area contributed by atoms with Crippen molar-refractivity contribution in [2.24, 2.45) is 0 Å². The fraction of sp³-hybridized carbons (Fsp3) is 0.143. The second-order valence-corrected chi connectivity index (χ2v) is 13.9. The van der Waals surface area contributed by atoms with Crippen LogP contribution in [0.2, 0.25) is 0 Å². The van der Waals surface area contributed by atoms with Gasteiger partial charge in [0.25, 0.3) is 5.78 Å². The van der Waals surface area contributed by atoms with Crippen LogP contribution in [0.1, 0.15) is 23.1 Å². The number of carbonyl (C=O) groups is 1. The molecule has 5 aromatic rings. The third kappa shape index (κ3) is 5.46. The molecule has 0 N–H and O–H groups in total. The van der Waals surface area contributed by atoms with Gasteiger partial charge in [-0.1, -0.05) is 121 Å². The summed E-state index contributed by atoms with van der Waals surface area (Å²) in [6.45, 7) is 0.115. The molecule has 5 aromatic carbocycles. The van der Waals surface area contributed by atoms with Gasteiger partial charge >= 0.3 is 6.21 Å². The molecule has 1 aliphatic heterocycles. The standard InChI is InChI=1S/C35H29N3O3S2/c36-37-24-34(39)33-23-31(25-38(33)43(40,41)32-21-20-26-12-10-11-13-27(26)22-32)42-35(28-14-4-1-5-15-28,29-16-6-2-7-17-29)30-18-8-3-9-19-30/h1-22,24,31,33H,23,25H2/t31-,33+/m1/s1. The summed E-state index contributed by atoms with van der Waals surface area (Å²) >= 11 is 1.65. The molecule has 1 aliphatic rings. The lowest BCUT2D eigenvalue weighted by atomic mass is 9.84. The Morgan fingerprint density at radius 2 is 1.28 bits per heavy atom. The summed E-state index contributed by atoms with van der Waals surface area (Å²) in [6.07, 6.45) is 1.07. The fourth-order valence-corrected chi connectivity index (χ4v) is 9.57. The zero-order chi connectivity index (χ0) is 29.9. The van der Waals surface area contributed by atoms with Gasteiger partial charge in [-0.2, -0.15) is 9.10 Å². The lowest BCUT2D eigenvalue weighted by Gasteiger charge is -2.37. The number of benzene rings is 5. The Bertz CT molecular complexity index is 1810. The minimum atomic E-state index is -4.07. The van der Waals surface area contributed by atoms with E-state index in [1.54, 1.807) is 30.0 Å². The van der Waals surface area contributed by atoms with E-state index in [1.165, 1.54) is 4.31 Å². The van der Waals surface area contributed by atoms with Gasteiger partial charge in [0.05, 0.1) is 15.7 Å². The maximum atomic E-state index is 14.2. The third-order valence-electron chi connectivity index (χ3n) is 7.94. The highest BCUT2D eigenvalue weighted by molar-refractivity contribution is 8.01. The van der Waals surface area contributed by atoms with E-state index in [1.807, 2.05) is 78.9 Å². The number of thioether (sulfide) groups is 1. The van der Waals surface area contributed by atoms with E-state index >= 15 is 0 Å². The zero-order valence-corrected chi connectivity index (χ0v) is 24.9. The zero-order valence-electron chi connectivity index (χ0n) is 23.2. The van der Waals surface area contributed by atoms with Crippen LogP contribution < -0.4 is 0 Å². The molecule has 8 heteroatoms. The molecule has 1 fully saturated rings. The van der Waals surface area contributed by atoms with Crippen LogP contribution in [-0.4, -0.2) is 47.3 Å². The number of nitrogens with zero attached hydrogens (tertiary/aromatic N) is 3. The van der Waals surface area contributed by atoms with Gasteiger partial charge in [0.2, 0.25) is 10.0 Å². The van der Waals surface area contributed by atoms with E-state index in [0.717, 1.165) is 33.7 Å². The fourth-order valence-electron chi connectivity index (χ4n) is 5.96. The summed E-state index contributed by atoms with van der Waals surface area (Å²) in [5.41, 5.74) is 12.3. The number of hydrogen-bond donors (Lipinski definition) is 0. The van der Waals surface area contributed by atoms with Crippen molar-refractivity contribution in [1.82, 2.24) is 4.31 Å². The number of hydrogen-bond acceptors (Lipinski definition) is 4. The van der Waals surface area contributed by atoms with E-state index in [0.29, 0.717) is 0 Å². The molecule has 1 saturated heterocycles. The van der Waals surface area contributed by atoms with Crippen molar-refractivity contribution in [3.8, 4) is 0 Å². The van der Waals surface area contributed by atoms with Crippen molar-refractivity contribution < 1.29 is 18.0 Å². The molecule has 0 amide bonds. The molecule has 43 heavy (non-hydrogen) atoms. The van der Waals surface area contributed by atoms with Crippen LogP contribution in [0.4, 0.5) is 0 Å². The van der Waals surface area contributed by atoms with E-state index in [2.05, 4.69) is 41.2 Å². The predicted molar refractivity (Wildman–Crippen MR) is 172 cm³/mol. The van der Waals surface area contributed by atoms with Gasteiger partial charge in [0.15, 0.2) is 0 Å². The SMILES string of the molecule is [N-]=[N+]=CC(=O)[C@@H]1C[C@@H](SC(c2ccccc2)(c2ccccc2)c2ccccc2)CN1S(=O)(=O)c1ccc2ccccc2c1. The van der Waals surface area contributed by atoms with Crippen molar-refractivity contribution in [2.75, 3.05) is 6.54 Å². The van der Waals surface area contributed by atoms with E-state index in [9.17, 15) is 18.7 Å². The Hall–Kier alpha value is -4.33. The summed E-state index contributed by atoms with van der Waals surface area (Å²) in [6, 6.07) is 42.1. The molecule has 0 saturated carbocycles. The van der Waals surface area contributed by atoms with Crippen LogP contribution in [0, 0.1) is 0 Å². The highest BCUT2D eigenvalue weighted by atomic mass is 32.2. The number of sulfonamides is 1. The minimum absolute atomic E-state index is 0.115. The molecule has 0 aliphatic carbocycles. The van der Waals surface area contributed by atoms with Crippen molar-refractivity contribution in [3.05, 3.63) is 156 Å². The van der Waals surface area contributed by atoms with Gasteiger partial charge in [0, 0.05) is 11.8 Å². The van der Waals surface area contributed by atoms with Crippen molar-refractivity contribution in [3.63, 3.8) is 0 Å².